The number of carbonyl (C=O) groups excluding carboxylic acids is 1. The summed E-state index contributed by atoms with van der Waals surface area (Å²) < 4.78 is 10.6. The van der Waals surface area contributed by atoms with Gasteiger partial charge in [0.05, 0.1) is 17.4 Å². The van der Waals surface area contributed by atoms with E-state index >= 15 is 0 Å². The molecule has 0 aliphatic heterocycles. The predicted octanol–water partition coefficient (Wildman–Crippen LogP) is 6.54. The average molecular weight is 437 g/mol. The average Bonchev–Trinajstić information content (AvgIpc) is 2.71. The van der Waals surface area contributed by atoms with Crippen molar-refractivity contribution in [1.82, 2.24) is 0 Å². The Hall–Kier alpha value is -1.40. The highest BCUT2D eigenvalue weighted by Crippen LogP contribution is 2.32. The maximum absolute atomic E-state index is 11.9. The second-order valence-corrected chi connectivity index (χ2v) is 9.40. The Balaban J connectivity index is 1.62. The molecule has 1 heterocycles. The Bertz CT molecular complexity index is 829. The Morgan fingerprint density at radius 3 is 2.41 bits per heavy atom. The van der Waals surface area contributed by atoms with Gasteiger partial charge < -0.3 is 9.15 Å². The Morgan fingerprint density at radius 1 is 1.03 bits per heavy atom. The van der Waals surface area contributed by atoms with Gasteiger partial charge in [-0.05, 0) is 30.9 Å². The molecule has 0 saturated carbocycles. The normalized spacial score (nSPS) is 11.3. The fourth-order valence-corrected chi connectivity index (χ4v) is 4.64. The summed E-state index contributed by atoms with van der Waals surface area (Å²) >= 11 is 3.34. The van der Waals surface area contributed by atoms with Crippen molar-refractivity contribution in [1.29, 1.82) is 0 Å². The molecule has 0 atom stereocenters. The summed E-state index contributed by atoms with van der Waals surface area (Å²) in [4.78, 5) is 25.3. The molecular formula is C23H32O4S2. The summed E-state index contributed by atoms with van der Waals surface area (Å²) in [6, 6.07) is 7.64. The molecule has 0 unspecified atom stereocenters. The van der Waals surface area contributed by atoms with Crippen LogP contribution in [0.4, 0.5) is 0 Å². The topological polar surface area (TPSA) is 56.5 Å². The molecule has 2 rings (SSSR count). The monoisotopic (exact) mass is 436 g/mol. The number of esters is 1. The highest BCUT2D eigenvalue weighted by molar-refractivity contribution is 7.99. The minimum absolute atomic E-state index is 0.0380. The molecule has 29 heavy (non-hydrogen) atoms. The van der Waals surface area contributed by atoms with Crippen molar-refractivity contribution < 1.29 is 13.9 Å². The lowest BCUT2D eigenvalue weighted by molar-refractivity contribution is -0.147. The number of hydrogen-bond acceptors (Lipinski definition) is 6. The van der Waals surface area contributed by atoms with E-state index in [0.29, 0.717) is 12.2 Å². The lowest BCUT2D eigenvalue weighted by Crippen LogP contribution is -2.12. The van der Waals surface area contributed by atoms with E-state index in [4.69, 9.17) is 9.15 Å². The number of fused-ring (bicyclic) bond motifs is 1. The van der Waals surface area contributed by atoms with E-state index in [1.807, 2.05) is 38.3 Å². The van der Waals surface area contributed by atoms with Gasteiger partial charge in [0.2, 0.25) is 0 Å². The maximum atomic E-state index is 11.9. The number of thioether (sulfide) groups is 2. The van der Waals surface area contributed by atoms with E-state index in [9.17, 15) is 9.59 Å². The third kappa shape index (κ3) is 8.09. The van der Waals surface area contributed by atoms with Crippen molar-refractivity contribution in [2.45, 2.75) is 68.6 Å². The van der Waals surface area contributed by atoms with Gasteiger partial charge in [-0.1, -0.05) is 58.1 Å². The molecule has 0 saturated heterocycles. The van der Waals surface area contributed by atoms with Crippen LogP contribution in [0.15, 0.2) is 43.3 Å². The molecular weight excluding hydrogens is 404 g/mol. The largest absolute Gasteiger partial charge is 0.465 e. The molecule has 160 valence electrons. The lowest BCUT2D eigenvalue weighted by atomic mass is 10.1. The summed E-state index contributed by atoms with van der Waals surface area (Å²) in [6.45, 7) is 4.26. The zero-order valence-electron chi connectivity index (χ0n) is 17.7. The molecule has 2 aromatic rings. The van der Waals surface area contributed by atoms with Crippen molar-refractivity contribution in [3.63, 3.8) is 0 Å². The van der Waals surface area contributed by atoms with E-state index < -0.39 is 0 Å². The van der Waals surface area contributed by atoms with E-state index in [1.54, 1.807) is 29.6 Å². The molecule has 0 radical (unpaired) electrons. The Morgan fingerprint density at radius 2 is 1.72 bits per heavy atom. The molecule has 0 aliphatic rings. The van der Waals surface area contributed by atoms with Crippen LogP contribution in [0, 0.1) is 5.92 Å². The van der Waals surface area contributed by atoms with Gasteiger partial charge in [0, 0.05) is 16.3 Å². The number of hydrogen-bond donors (Lipinski definition) is 0. The predicted molar refractivity (Wildman–Crippen MR) is 123 cm³/mol. The van der Waals surface area contributed by atoms with Gasteiger partial charge in [-0.3, -0.25) is 4.79 Å². The van der Waals surface area contributed by atoms with Gasteiger partial charge in [0.1, 0.15) is 0 Å². The quantitative estimate of drug-likeness (QED) is 0.154. The van der Waals surface area contributed by atoms with Crippen LogP contribution < -0.4 is 5.63 Å². The van der Waals surface area contributed by atoms with Crippen LogP contribution in [0.1, 0.15) is 58.8 Å². The number of benzene rings is 1. The molecule has 6 heteroatoms. The van der Waals surface area contributed by atoms with E-state index in [1.165, 1.54) is 25.7 Å². The van der Waals surface area contributed by atoms with E-state index in [0.717, 1.165) is 40.2 Å². The van der Waals surface area contributed by atoms with Crippen LogP contribution in [0.25, 0.3) is 11.0 Å². The second-order valence-electron chi connectivity index (χ2n) is 7.41. The van der Waals surface area contributed by atoms with Gasteiger partial charge in [0.25, 0.3) is 0 Å². The summed E-state index contributed by atoms with van der Waals surface area (Å²) in [7, 11) is 0. The minimum atomic E-state index is -0.277. The van der Waals surface area contributed by atoms with Crippen LogP contribution in [0.5, 0.6) is 0 Å². The van der Waals surface area contributed by atoms with E-state index in [-0.39, 0.29) is 17.5 Å². The lowest BCUT2D eigenvalue weighted by Gasteiger charge is -2.08. The second kappa shape index (κ2) is 13.0. The number of unbranched alkanes of at least 4 members (excludes halogenated alkanes) is 6. The first kappa shape index (κ1) is 23.9. The molecule has 1 aromatic heterocycles. The van der Waals surface area contributed by atoms with Gasteiger partial charge in [0.15, 0.2) is 5.58 Å². The van der Waals surface area contributed by atoms with Crippen LogP contribution in [0.3, 0.4) is 0 Å². The molecule has 0 N–H and O–H groups in total. The summed E-state index contributed by atoms with van der Waals surface area (Å²) in [5, 5.41) is 1.03. The molecule has 4 nitrogen and oxygen atoms in total. The Labute approximate surface area is 182 Å². The van der Waals surface area contributed by atoms with Crippen molar-refractivity contribution in [3.05, 3.63) is 34.7 Å². The Kier molecular flexibility index (Phi) is 10.7. The molecule has 0 spiro atoms. The minimum Gasteiger partial charge on any atom is -0.465 e. The molecule has 0 amide bonds. The van der Waals surface area contributed by atoms with E-state index in [2.05, 4.69) is 0 Å². The van der Waals surface area contributed by atoms with Crippen LogP contribution in [-0.4, -0.2) is 24.6 Å². The fourth-order valence-electron chi connectivity index (χ4n) is 3.02. The van der Waals surface area contributed by atoms with Crippen molar-refractivity contribution in [2.75, 3.05) is 18.6 Å². The van der Waals surface area contributed by atoms with Crippen molar-refractivity contribution in [3.8, 4) is 0 Å². The highest BCUT2D eigenvalue weighted by Gasteiger charge is 2.10. The number of rotatable bonds is 13. The maximum Gasteiger partial charge on any atom is 0.337 e. The number of para-hydroxylation sites is 1. The first-order valence-electron chi connectivity index (χ1n) is 10.4. The van der Waals surface area contributed by atoms with Crippen molar-refractivity contribution in [2.24, 2.45) is 5.92 Å². The van der Waals surface area contributed by atoms with Crippen molar-refractivity contribution >= 4 is 40.5 Å². The summed E-state index contributed by atoms with van der Waals surface area (Å²) in [5.74, 6) is 0.868. The fraction of sp³-hybridized carbons (Fsp3) is 0.565. The van der Waals surface area contributed by atoms with Gasteiger partial charge in [-0.25, -0.2) is 4.79 Å². The van der Waals surface area contributed by atoms with Gasteiger partial charge >= 0.3 is 11.6 Å². The number of carbonyl (C=O) groups is 1. The SMILES string of the molecule is CSc1cccc2c(SCCCCCCCCCOC(=O)C(C)C)cc(=O)oc12. The zero-order chi connectivity index (χ0) is 21.1. The first-order valence-corrected chi connectivity index (χ1v) is 12.6. The van der Waals surface area contributed by atoms with Crippen LogP contribution in [0.2, 0.25) is 0 Å². The molecule has 0 fully saturated rings. The summed E-state index contributed by atoms with van der Waals surface area (Å²) in [6.07, 6.45) is 10.0. The smallest absolute Gasteiger partial charge is 0.337 e. The van der Waals surface area contributed by atoms with Crippen LogP contribution in [-0.2, 0) is 9.53 Å². The van der Waals surface area contributed by atoms with Gasteiger partial charge in [-0.2, -0.15) is 0 Å². The highest BCUT2D eigenvalue weighted by atomic mass is 32.2. The first-order chi connectivity index (χ1) is 14.0. The third-order valence-electron chi connectivity index (χ3n) is 4.68. The molecule has 0 aliphatic carbocycles. The third-order valence-corrected chi connectivity index (χ3v) is 6.58. The van der Waals surface area contributed by atoms with Crippen LogP contribution >= 0.6 is 23.5 Å². The van der Waals surface area contributed by atoms with Gasteiger partial charge in [-0.15, -0.1) is 23.5 Å². The molecule has 1 aromatic carbocycles. The summed E-state index contributed by atoms with van der Waals surface area (Å²) in [5.41, 5.74) is 0.426. The number of ether oxygens (including phenoxy) is 1. The standard InChI is InChI=1S/C23H32O4S2/c1-17(2)23(25)26-14-9-7-5-4-6-8-10-15-29-20-16-21(24)27-22-18(20)12-11-13-19(22)28-3/h11-13,16-17H,4-10,14-15H2,1-3H3. The molecule has 0 bridgehead atoms. The zero-order valence-corrected chi connectivity index (χ0v) is 19.3.